The smallest absolute Gasteiger partial charge is 0.272 e. The first-order chi connectivity index (χ1) is 12.7. The second-order valence-electron chi connectivity index (χ2n) is 6.22. The second-order valence-corrected chi connectivity index (χ2v) is 6.22. The molecule has 0 unspecified atom stereocenters. The number of likely N-dealkylation sites (N-methyl/N-ethyl adjacent to an activating group) is 1. The Balaban J connectivity index is 1.61. The number of amides is 2. The number of hydrogen-bond acceptors (Lipinski definition) is 6. The van der Waals surface area contributed by atoms with Crippen LogP contribution in [-0.4, -0.2) is 76.8 Å². The van der Waals surface area contributed by atoms with Crippen molar-refractivity contribution in [1.29, 1.82) is 0 Å². The molecule has 136 valence electrons. The topological polar surface area (TPSA) is 82.5 Å². The molecule has 0 spiro atoms. The summed E-state index contributed by atoms with van der Waals surface area (Å²) in [6.07, 6.45) is 6.54. The third-order valence-electron chi connectivity index (χ3n) is 4.49. The molecule has 1 aliphatic heterocycles. The molecule has 2 aromatic heterocycles. The van der Waals surface area contributed by atoms with Crippen LogP contribution < -0.4 is 4.90 Å². The van der Waals surface area contributed by atoms with Crippen molar-refractivity contribution < 1.29 is 9.59 Å². The standard InChI is InChI=1S/C18H22N6O2/c1-22(7-4-15-2-5-19-6-3-15)18(26)16-12-17(21-13-20-16)24-10-8-23(14-25)9-11-24/h2-3,5-6,12-14H,4,7-11H2,1H3. The van der Waals surface area contributed by atoms with Crippen molar-refractivity contribution >= 4 is 18.1 Å². The number of nitrogens with zero attached hydrogens (tertiary/aromatic N) is 6. The van der Waals surface area contributed by atoms with Gasteiger partial charge in [-0.15, -0.1) is 0 Å². The van der Waals surface area contributed by atoms with Crippen LogP contribution in [0.15, 0.2) is 36.9 Å². The average molecular weight is 354 g/mol. The van der Waals surface area contributed by atoms with Gasteiger partial charge in [0.15, 0.2) is 0 Å². The number of carbonyl (C=O) groups excluding carboxylic acids is 2. The summed E-state index contributed by atoms with van der Waals surface area (Å²) < 4.78 is 0. The van der Waals surface area contributed by atoms with Crippen molar-refractivity contribution in [2.45, 2.75) is 6.42 Å². The number of rotatable bonds is 6. The van der Waals surface area contributed by atoms with Crippen LogP contribution in [0, 0.1) is 0 Å². The Morgan fingerprint density at radius 3 is 2.62 bits per heavy atom. The minimum absolute atomic E-state index is 0.130. The summed E-state index contributed by atoms with van der Waals surface area (Å²) in [4.78, 5) is 41.3. The normalized spacial score (nSPS) is 14.2. The fourth-order valence-corrected chi connectivity index (χ4v) is 2.84. The monoisotopic (exact) mass is 354 g/mol. The van der Waals surface area contributed by atoms with E-state index in [9.17, 15) is 9.59 Å². The van der Waals surface area contributed by atoms with Gasteiger partial charge in [-0.2, -0.15) is 0 Å². The van der Waals surface area contributed by atoms with E-state index in [4.69, 9.17) is 0 Å². The van der Waals surface area contributed by atoms with Crippen molar-refractivity contribution in [2.24, 2.45) is 0 Å². The molecule has 8 heteroatoms. The van der Waals surface area contributed by atoms with Gasteiger partial charge in [0.1, 0.15) is 17.8 Å². The van der Waals surface area contributed by atoms with Crippen LogP contribution in [-0.2, 0) is 11.2 Å². The van der Waals surface area contributed by atoms with Gasteiger partial charge in [0.2, 0.25) is 6.41 Å². The molecule has 0 bridgehead atoms. The van der Waals surface area contributed by atoms with Crippen LogP contribution in [0.2, 0.25) is 0 Å². The Bertz CT molecular complexity index is 746. The Labute approximate surface area is 152 Å². The van der Waals surface area contributed by atoms with Crippen molar-refractivity contribution in [3.63, 3.8) is 0 Å². The number of carbonyl (C=O) groups is 2. The number of pyridine rings is 1. The highest BCUT2D eigenvalue weighted by Gasteiger charge is 2.19. The lowest BCUT2D eigenvalue weighted by molar-refractivity contribution is -0.118. The molecule has 1 saturated heterocycles. The molecule has 8 nitrogen and oxygen atoms in total. The number of piperazine rings is 1. The summed E-state index contributed by atoms with van der Waals surface area (Å²) in [5, 5.41) is 0. The van der Waals surface area contributed by atoms with Crippen LogP contribution in [0.3, 0.4) is 0 Å². The van der Waals surface area contributed by atoms with Crippen molar-refractivity contribution in [3.8, 4) is 0 Å². The summed E-state index contributed by atoms with van der Waals surface area (Å²) >= 11 is 0. The Hall–Kier alpha value is -3.03. The van der Waals surface area contributed by atoms with Gasteiger partial charge in [-0.25, -0.2) is 9.97 Å². The molecule has 0 atom stereocenters. The average Bonchev–Trinajstić information content (AvgIpc) is 2.72. The van der Waals surface area contributed by atoms with Crippen molar-refractivity contribution in [2.75, 3.05) is 44.7 Å². The van der Waals surface area contributed by atoms with E-state index >= 15 is 0 Å². The van der Waals surface area contributed by atoms with E-state index in [0.29, 0.717) is 38.4 Å². The van der Waals surface area contributed by atoms with E-state index in [1.807, 2.05) is 12.1 Å². The zero-order valence-electron chi connectivity index (χ0n) is 14.8. The SMILES string of the molecule is CN(CCc1ccncc1)C(=O)c1cc(N2CCN(C=O)CC2)ncn1. The van der Waals surface area contributed by atoms with Crippen LogP contribution >= 0.6 is 0 Å². The van der Waals surface area contributed by atoms with Crippen LogP contribution in [0.25, 0.3) is 0 Å². The van der Waals surface area contributed by atoms with Gasteiger partial charge in [0.25, 0.3) is 5.91 Å². The third-order valence-corrected chi connectivity index (χ3v) is 4.49. The van der Waals surface area contributed by atoms with E-state index in [-0.39, 0.29) is 5.91 Å². The maximum atomic E-state index is 12.6. The molecule has 0 radical (unpaired) electrons. The molecule has 2 aromatic rings. The van der Waals surface area contributed by atoms with E-state index in [2.05, 4.69) is 19.9 Å². The number of hydrogen-bond donors (Lipinski definition) is 0. The lowest BCUT2D eigenvalue weighted by Crippen LogP contribution is -2.46. The van der Waals surface area contributed by atoms with Gasteiger partial charge in [-0.1, -0.05) is 0 Å². The van der Waals surface area contributed by atoms with E-state index < -0.39 is 0 Å². The van der Waals surface area contributed by atoms with E-state index in [1.54, 1.807) is 35.3 Å². The summed E-state index contributed by atoms with van der Waals surface area (Å²) in [5.74, 6) is 0.589. The first-order valence-corrected chi connectivity index (χ1v) is 8.58. The molecule has 0 aliphatic carbocycles. The fourth-order valence-electron chi connectivity index (χ4n) is 2.84. The molecular formula is C18H22N6O2. The summed E-state index contributed by atoms with van der Waals surface area (Å²) in [7, 11) is 1.77. The molecule has 26 heavy (non-hydrogen) atoms. The Kier molecular flexibility index (Phi) is 5.73. The van der Waals surface area contributed by atoms with Gasteiger partial charge in [-0.3, -0.25) is 14.6 Å². The molecule has 0 saturated carbocycles. The van der Waals surface area contributed by atoms with Crippen LogP contribution in [0.5, 0.6) is 0 Å². The van der Waals surface area contributed by atoms with Gasteiger partial charge in [0.05, 0.1) is 0 Å². The first kappa shape index (κ1) is 17.8. The number of anilines is 1. The first-order valence-electron chi connectivity index (χ1n) is 8.58. The van der Waals surface area contributed by atoms with E-state index in [1.165, 1.54) is 6.33 Å². The molecule has 0 aromatic carbocycles. The largest absolute Gasteiger partial charge is 0.353 e. The molecule has 1 fully saturated rings. The highest BCUT2D eigenvalue weighted by Crippen LogP contribution is 2.14. The summed E-state index contributed by atoms with van der Waals surface area (Å²) in [5.41, 5.74) is 1.51. The minimum Gasteiger partial charge on any atom is -0.353 e. The zero-order valence-corrected chi connectivity index (χ0v) is 14.8. The number of aromatic nitrogens is 3. The van der Waals surface area contributed by atoms with E-state index in [0.717, 1.165) is 24.2 Å². The highest BCUT2D eigenvalue weighted by molar-refractivity contribution is 5.92. The highest BCUT2D eigenvalue weighted by atomic mass is 16.2. The van der Waals surface area contributed by atoms with Crippen molar-refractivity contribution in [3.05, 3.63) is 48.2 Å². The lowest BCUT2D eigenvalue weighted by Gasteiger charge is -2.33. The Morgan fingerprint density at radius 1 is 1.19 bits per heavy atom. The third kappa shape index (κ3) is 4.33. The maximum Gasteiger partial charge on any atom is 0.272 e. The maximum absolute atomic E-state index is 12.6. The fraction of sp³-hybridized carbons (Fsp3) is 0.389. The molecule has 0 N–H and O–H groups in total. The summed E-state index contributed by atoms with van der Waals surface area (Å²) in [6, 6.07) is 5.61. The predicted octanol–water partition coefficient (Wildman–Crippen LogP) is 0.465. The molecule has 3 heterocycles. The van der Waals surface area contributed by atoms with Crippen LogP contribution in [0.1, 0.15) is 16.1 Å². The second kappa shape index (κ2) is 8.37. The predicted molar refractivity (Wildman–Crippen MR) is 96.8 cm³/mol. The quantitative estimate of drug-likeness (QED) is 0.701. The van der Waals surface area contributed by atoms with Crippen LogP contribution in [0.4, 0.5) is 5.82 Å². The molecular weight excluding hydrogens is 332 g/mol. The minimum atomic E-state index is -0.130. The molecule has 3 rings (SSSR count). The van der Waals surface area contributed by atoms with Gasteiger partial charge in [-0.05, 0) is 24.1 Å². The van der Waals surface area contributed by atoms with Gasteiger partial charge >= 0.3 is 0 Å². The zero-order chi connectivity index (χ0) is 18.4. The molecule has 1 aliphatic rings. The Morgan fingerprint density at radius 2 is 1.92 bits per heavy atom. The summed E-state index contributed by atoms with van der Waals surface area (Å²) in [6.45, 7) is 3.30. The van der Waals surface area contributed by atoms with Gasteiger partial charge < -0.3 is 14.7 Å². The van der Waals surface area contributed by atoms with Gasteiger partial charge in [0, 0.05) is 58.2 Å². The van der Waals surface area contributed by atoms with Crippen molar-refractivity contribution in [1.82, 2.24) is 24.8 Å². The molecule has 2 amide bonds. The lowest BCUT2D eigenvalue weighted by atomic mass is 10.2.